The van der Waals surface area contributed by atoms with Gasteiger partial charge in [-0.25, -0.2) is 0 Å². The molecule has 0 saturated heterocycles. The highest BCUT2D eigenvalue weighted by atomic mass is 16.2. The average Bonchev–Trinajstić information content (AvgIpc) is 2.47. The second-order valence-electron chi connectivity index (χ2n) is 6.65. The smallest absolute Gasteiger partial charge is 0.261 e. The molecular weight excluding hydrogens is 280 g/mol. The van der Waals surface area contributed by atoms with Crippen LogP contribution in [0.3, 0.4) is 0 Å². The zero-order chi connectivity index (χ0) is 15.7. The first kappa shape index (κ1) is 15.0. The highest BCUT2D eigenvalue weighted by Gasteiger charge is 2.26. The first-order valence-electron chi connectivity index (χ1n) is 8.15. The fourth-order valence-corrected chi connectivity index (χ4v) is 3.50. The molecule has 0 spiro atoms. The molecule has 1 fully saturated rings. The van der Waals surface area contributed by atoms with Gasteiger partial charge in [-0.05, 0) is 31.2 Å². The number of nitrogens with one attached hydrogen (secondary N) is 2. The summed E-state index contributed by atoms with van der Waals surface area (Å²) in [5, 5.41) is 2.94. The highest BCUT2D eigenvalue weighted by molar-refractivity contribution is 6.01. The molecule has 2 aliphatic carbocycles. The van der Waals surface area contributed by atoms with E-state index >= 15 is 0 Å². The van der Waals surface area contributed by atoms with Crippen LogP contribution in [-0.2, 0) is 6.42 Å². The topological polar surface area (TPSA) is 79.0 Å². The van der Waals surface area contributed by atoms with E-state index in [4.69, 9.17) is 0 Å². The van der Waals surface area contributed by atoms with Gasteiger partial charge in [-0.2, -0.15) is 0 Å². The number of H-pyrrole nitrogens is 1. The van der Waals surface area contributed by atoms with Crippen molar-refractivity contribution in [3.63, 3.8) is 0 Å². The molecule has 5 heteroatoms. The van der Waals surface area contributed by atoms with Gasteiger partial charge in [0, 0.05) is 23.7 Å². The molecule has 1 heterocycles. The second-order valence-corrected chi connectivity index (χ2v) is 6.65. The second kappa shape index (κ2) is 6.07. The van der Waals surface area contributed by atoms with E-state index in [9.17, 15) is 14.4 Å². The molecule has 1 saturated carbocycles. The van der Waals surface area contributed by atoms with Gasteiger partial charge in [0.25, 0.3) is 11.5 Å². The van der Waals surface area contributed by atoms with E-state index < -0.39 is 5.56 Å². The predicted octanol–water partition coefficient (Wildman–Crippen LogP) is 2.20. The van der Waals surface area contributed by atoms with E-state index in [2.05, 4.69) is 10.3 Å². The minimum absolute atomic E-state index is 0.0108. The van der Waals surface area contributed by atoms with E-state index in [1.54, 1.807) is 0 Å². The molecule has 22 heavy (non-hydrogen) atoms. The Morgan fingerprint density at radius 2 is 1.91 bits per heavy atom. The van der Waals surface area contributed by atoms with Crippen LogP contribution in [0.25, 0.3) is 0 Å². The van der Waals surface area contributed by atoms with Crippen molar-refractivity contribution in [2.24, 2.45) is 5.92 Å². The molecule has 1 aromatic rings. The van der Waals surface area contributed by atoms with Crippen LogP contribution in [0.1, 0.15) is 71.9 Å². The number of amides is 1. The summed E-state index contributed by atoms with van der Waals surface area (Å²) in [4.78, 5) is 39.4. The lowest BCUT2D eigenvalue weighted by Gasteiger charge is -2.23. The molecule has 2 N–H and O–H groups in total. The molecule has 0 aliphatic heterocycles. The fourth-order valence-electron chi connectivity index (χ4n) is 3.50. The monoisotopic (exact) mass is 302 g/mol. The number of hydrogen-bond donors (Lipinski definition) is 2. The fraction of sp³-hybridized carbons (Fsp3) is 0.588. The summed E-state index contributed by atoms with van der Waals surface area (Å²) in [6.45, 7) is 1.99. The molecule has 3 rings (SSSR count). The third-order valence-electron chi connectivity index (χ3n) is 4.69. The summed E-state index contributed by atoms with van der Waals surface area (Å²) < 4.78 is 0. The standard InChI is InChI=1S/C17H22N2O3/c1-10-7-14-12(15(20)8-10)9-13(17(22)19-14)16(21)18-11-5-3-2-4-6-11/h9-11H,2-8H2,1H3,(H,18,21)(H,19,22)/t10-/m1/s1. The van der Waals surface area contributed by atoms with Gasteiger partial charge < -0.3 is 10.3 Å². The summed E-state index contributed by atoms with van der Waals surface area (Å²) in [5.74, 6) is -0.114. The van der Waals surface area contributed by atoms with E-state index in [1.807, 2.05) is 6.92 Å². The average molecular weight is 302 g/mol. The van der Waals surface area contributed by atoms with Gasteiger partial charge in [0.1, 0.15) is 5.56 Å². The molecule has 0 unspecified atom stereocenters. The molecular formula is C17H22N2O3. The maximum atomic E-state index is 12.3. The maximum absolute atomic E-state index is 12.3. The molecule has 0 bridgehead atoms. The SMILES string of the molecule is C[C@H]1CC(=O)c2cc(C(=O)NC3CCCCC3)c(=O)[nH]c2C1. The molecule has 1 atom stereocenters. The number of ketones is 1. The number of rotatable bonds is 2. The third-order valence-corrected chi connectivity index (χ3v) is 4.69. The normalized spacial score (nSPS) is 22.2. The maximum Gasteiger partial charge on any atom is 0.261 e. The van der Waals surface area contributed by atoms with Gasteiger partial charge in [0.05, 0.1) is 0 Å². The van der Waals surface area contributed by atoms with Gasteiger partial charge in [-0.15, -0.1) is 0 Å². The third kappa shape index (κ3) is 2.98. The Morgan fingerprint density at radius 3 is 2.64 bits per heavy atom. The molecule has 118 valence electrons. The first-order valence-corrected chi connectivity index (χ1v) is 8.15. The van der Waals surface area contributed by atoms with Gasteiger partial charge >= 0.3 is 0 Å². The van der Waals surface area contributed by atoms with Crippen molar-refractivity contribution in [2.45, 2.75) is 57.9 Å². The Balaban J connectivity index is 1.84. The Morgan fingerprint density at radius 1 is 1.18 bits per heavy atom. The van der Waals surface area contributed by atoms with Crippen LogP contribution in [0.15, 0.2) is 10.9 Å². The van der Waals surface area contributed by atoms with Crippen molar-refractivity contribution in [3.05, 3.63) is 33.2 Å². The summed E-state index contributed by atoms with van der Waals surface area (Å²) in [5.41, 5.74) is 0.843. The van der Waals surface area contributed by atoms with Gasteiger partial charge in [0.15, 0.2) is 5.78 Å². The van der Waals surface area contributed by atoms with Crippen LogP contribution >= 0.6 is 0 Å². The van der Waals surface area contributed by atoms with Crippen LogP contribution in [0.2, 0.25) is 0 Å². The summed E-state index contributed by atoms with van der Waals surface area (Å²) in [6.07, 6.45) is 6.52. The molecule has 0 aromatic carbocycles. The first-order chi connectivity index (χ1) is 10.5. The number of aromatic amines is 1. The zero-order valence-corrected chi connectivity index (χ0v) is 12.9. The number of carbonyl (C=O) groups excluding carboxylic acids is 2. The van der Waals surface area contributed by atoms with Crippen LogP contribution in [0.4, 0.5) is 0 Å². The Labute approximate surface area is 129 Å². The van der Waals surface area contributed by atoms with Gasteiger partial charge in [0.2, 0.25) is 0 Å². The summed E-state index contributed by atoms with van der Waals surface area (Å²) >= 11 is 0. The lowest BCUT2D eigenvalue weighted by atomic mass is 9.86. The van der Waals surface area contributed by atoms with Crippen LogP contribution in [0, 0.1) is 5.92 Å². The Hall–Kier alpha value is -1.91. The lowest BCUT2D eigenvalue weighted by Crippen LogP contribution is -2.39. The van der Waals surface area contributed by atoms with E-state index in [0.29, 0.717) is 24.1 Å². The van der Waals surface area contributed by atoms with E-state index in [-0.39, 0.29) is 29.2 Å². The molecule has 2 aliphatic rings. The Kier molecular flexibility index (Phi) is 4.14. The Bertz CT molecular complexity index is 656. The van der Waals surface area contributed by atoms with Crippen molar-refractivity contribution < 1.29 is 9.59 Å². The van der Waals surface area contributed by atoms with Crippen LogP contribution in [0.5, 0.6) is 0 Å². The van der Waals surface area contributed by atoms with Crippen molar-refractivity contribution in [2.75, 3.05) is 0 Å². The van der Waals surface area contributed by atoms with Crippen molar-refractivity contribution in [1.29, 1.82) is 0 Å². The van der Waals surface area contributed by atoms with E-state index in [0.717, 1.165) is 25.7 Å². The molecule has 1 aromatic heterocycles. The van der Waals surface area contributed by atoms with Crippen molar-refractivity contribution in [3.8, 4) is 0 Å². The number of pyridine rings is 1. The predicted molar refractivity (Wildman–Crippen MR) is 83.2 cm³/mol. The number of carbonyl (C=O) groups is 2. The molecule has 1 amide bonds. The number of fused-ring (bicyclic) bond motifs is 1. The zero-order valence-electron chi connectivity index (χ0n) is 12.9. The minimum Gasteiger partial charge on any atom is -0.349 e. The summed E-state index contributed by atoms with van der Waals surface area (Å²) in [6, 6.07) is 1.63. The lowest BCUT2D eigenvalue weighted by molar-refractivity contribution is 0.0926. The molecule has 5 nitrogen and oxygen atoms in total. The summed E-state index contributed by atoms with van der Waals surface area (Å²) in [7, 11) is 0. The van der Waals surface area contributed by atoms with E-state index in [1.165, 1.54) is 12.5 Å². The largest absolute Gasteiger partial charge is 0.349 e. The quantitative estimate of drug-likeness (QED) is 0.879. The van der Waals surface area contributed by atoms with Crippen LogP contribution < -0.4 is 10.9 Å². The number of aromatic nitrogens is 1. The van der Waals surface area contributed by atoms with Gasteiger partial charge in [-0.3, -0.25) is 14.4 Å². The van der Waals surface area contributed by atoms with Crippen molar-refractivity contribution in [1.82, 2.24) is 10.3 Å². The highest BCUT2D eigenvalue weighted by Crippen LogP contribution is 2.23. The van der Waals surface area contributed by atoms with Crippen LogP contribution in [-0.4, -0.2) is 22.7 Å². The number of Topliss-reactive ketones (excluding diaryl/α,β-unsaturated/α-hetero) is 1. The molecule has 0 radical (unpaired) electrons. The van der Waals surface area contributed by atoms with Crippen molar-refractivity contribution >= 4 is 11.7 Å². The van der Waals surface area contributed by atoms with Gasteiger partial charge in [-0.1, -0.05) is 26.2 Å². The number of hydrogen-bond acceptors (Lipinski definition) is 3. The minimum atomic E-state index is -0.394.